The Labute approximate surface area is 188 Å². The van der Waals surface area contributed by atoms with Crippen LogP contribution in [-0.4, -0.2) is 38.4 Å². The summed E-state index contributed by atoms with van der Waals surface area (Å²) in [4.78, 5) is 37.6. The van der Waals surface area contributed by atoms with E-state index in [1.807, 2.05) is 24.3 Å². The largest absolute Gasteiger partial charge is 0.396 e. The second-order valence-electron chi connectivity index (χ2n) is 5.95. The van der Waals surface area contributed by atoms with Gasteiger partial charge in [-0.2, -0.15) is 0 Å². The summed E-state index contributed by atoms with van der Waals surface area (Å²) in [6.07, 6.45) is 1.49. The van der Waals surface area contributed by atoms with Crippen molar-refractivity contribution in [1.29, 1.82) is 0 Å². The molecule has 150 valence electrons. The van der Waals surface area contributed by atoms with Gasteiger partial charge in [0.05, 0.1) is 27.9 Å². The number of imide groups is 1. The topological polar surface area (TPSA) is 101 Å². The number of benzene rings is 2. The van der Waals surface area contributed by atoms with Crippen LogP contribution in [0.4, 0.5) is 10.5 Å². The van der Waals surface area contributed by atoms with Gasteiger partial charge in [-0.15, -0.1) is 11.8 Å². The quantitative estimate of drug-likeness (QED) is 0.181. The van der Waals surface area contributed by atoms with Gasteiger partial charge >= 0.3 is 0 Å². The molecule has 2 aromatic carbocycles. The fraction of sp³-hybridized carbons (Fsp3) is 0.158. The van der Waals surface area contributed by atoms with Crippen molar-refractivity contribution in [2.45, 2.75) is 11.4 Å². The maximum absolute atomic E-state index is 12.7. The number of rotatable bonds is 7. The second kappa shape index (κ2) is 9.74. The van der Waals surface area contributed by atoms with Gasteiger partial charge in [0.1, 0.15) is 0 Å². The zero-order valence-electron chi connectivity index (χ0n) is 14.9. The normalized spacial score (nSPS) is 15.4. The molecule has 10 heteroatoms. The molecule has 1 heterocycles. The van der Waals surface area contributed by atoms with Crippen molar-refractivity contribution >= 4 is 69.0 Å². The van der Waals surface area contributed by atoms with Crippen LogP contribution in [0.3, 0.4) is 0 Å². The maximum Gasteiger partial charge on any atom is 0.293 e. The molecule has 29 heavy (non-hydrogen) atoms. The minimum absolute atomic E-state index is 0.0860. The number of aliphatic hydroxyl groups excluding tert-OH is 1. The number of thioether (sulfide) groups is 2. The van der Waals surface area contributed by atoms with E-state index in [9.17, 15) is 19.7 Å². The van der Waals surface area contributed by atoms with E-state index in [0.717, 1.165) is 20.9 Å². The van der Waals surface area contributed by atoms with Crippen LogP contribution in [0.1, 0.15) is 11.1 Å². The first kappa shape index (κ1) is 21.8. The first-order chi connectivity index (χ1) is 13.9. The van der Waals surface area contributed by atoms with Gasteiger partial charge in [0, 0.05) is 15.4 Å². The summed E-state index contributed by atoms with van der Waals surface area (Å²) in [6, 6.07) is 12.1. The predicted molar refractivity (Wildman–Crippen MR) is 122 cm³/mol. The van der Waals surface area contributed by atoms with E-state index in [4.69, 9.17) is 5.11 Å². The molecule has 1 saturated heterocycles. The molecule has 1 fully saturated rings. The fourth-order valence-electron chi connectivity index (χ4n) is 2.60. The lowest BCUT2D eigenvalue weighted by Gasteiger charge is -2.12. The second-order valence-corrected chi connectivity index (χ2v) is 9.33. The van der Waals surface area contributed by atoms with E-state index in [0.29, 0.717) is 16.2 Å². The Morgan fingerprint density at radius 1 is 1.21 bits per heavy atom. The summed E-state index contributed by atoms with van der Waals surface area (Å²) in [5.74, 6) is -0.0719. The summed E-state index contributed by atoms with van der Waals surface area (Å²) >= 11 is 4.18. The first-order valence-corrected chi connectivity index (χ1v) is 11.3. The van der Waals surface area contributed by atoms with Crippen LogP contribution >= 0.6 is 46.1 Å². The van der Waals surface area contributed by atoms with Crippen molar-refractivity contribution in [2.24, 2.45) is 0 Å². The Morgan fingerprint density at radius 3 is 2.59 bits per heavy atom. The van der Waals surface area contributed by atoms with Crippen LogP contribution in [0.5, 0.6) is 0 Å². The van der Waals surface area contributed by atoms with Gasteiger partial charge < -0.3 is 5.11 Å². The predicted octanol–water partition coefficient (Wildman–Crippen LogP) is 4.52. The fourth-order valence-corrected chi connectivity index (χ4v) is 4.56. The van der Waals surface area contributed by atoms with E-state index in [1.54, 1.807) is 12.1 Å². The van der Waals surface area contributed by atoms with Gasteiger partial charge in [-0.3, -0.25) is 24.6 Å². The molecular weight excluding hydrogens is 527 g/mol. The van der Waals surface area contributed by atoms with E-state index in [-0.39, 0.29) is 29.0 Å². The van der Waals surface area contributed by atoms with Crippen LogP contribution in [0, 0.1) is 13.7 Å². The summed E-state index contributed by atoms with van der Waals surface area (Å²) in [6.45, 7) is 0.0904. The van der Waals surface area contributed by atoms with Crippen molar-refractivity contribution in [3.05, 3.63) is 72.2 Å². The summed E-state index contributed by atoms with van der Waals surface area (Å²) < 4.78 is 1.06. The highest BCUT2D eigenvalue weighted by molar-refractivity contribution is 14.1. The zero-order valence-corrected chi connectivity index (χ0v) is 18.7. The number of carbonyl (C=O) groups excluding carboxylic acids is 2. The third-order valence-electron chi connectivity index (χ3n) is 3.95. The minimum Gasteiger partial charge on any atom is -0.396 e. The number of nitrogens with zero attached hydrogens (tertiary/aromatic N) is 2. The molecule has 3 rings (SSSR count). The molecule has 2 amide bonds. The Bertz CT molecular complexity index is 995. The average Bonchev–Trinajstić information content (AvgIpc) is 2.95. The van der Waals surface area contributed by atoms with Crippen LogP contribution in [0.2, 0.25) is 0 Å². The molecule has 0 radical (unpaired) electrons. The molecule has 0 spiro atoms. The molecule has 0 saturated carbocycles. The Kier molecular flexibility index (Phi) is 7.33. The monoisotopic (exact) mass is 542 g/mol. The lowest BCUT2D eigenvalue weighted by molar-refractivity contribution is -0.387. The zero-order chi connectivity index (χ0) is 21.0. The summed E-state index contributed by atoms with van der Waals surface area (Å²) in [7, 11) is 0. The molecule has 1 aliphatic rings. The van der Waals surface area contributed by atoms with Crippen molar-refractivity contribution < 1.29 is 19.6 Å². The molecule has 0 bridgehead atoms. The molecule has 7 nitrogen and oxygen atoms in total. The number of carbonyl (C=O) groups is 2. The molecule has 0 aliphatic carbocycles. The van der Waals surface area contributed by atoms with Gasteiger partial charge in [-0.25, -0.2) is 0 Å². The molecule has 0 aromatic heterocycles. The SMILES string of the molecule is O=C1S/C(=C\c2ccc(SCCO)c([N+](=O)[O-])c2)C(=O)N1Cc1ccc(I)cc1. The van der Waals surface area contributed by atoms with Crippen LogP contribution in [-0.2, 0) is 11.3 Å². The highest BCUT2D eigenvalue weighted by Gasteiger charge is 2.35. The number of halogens is 1. The Balaban J connectivity index is 1.82. The van der Waals surface area contributed by atoms with Gasteiger partial charge in [0.25, 0.3) is 16.8 Å². The van der Waals surface area contributed by atoms with E-state index < -0.39 is 10.8 Å². The maximum atomic E-state index is 12.7. The number of amides is 2. The van der Waals surface area contributed by atoms with Crippen LogP contribution < -0.4 is 0 Å². The third-order valence-corrected chi connectivity index (χ3v) is 6.62. The van der Waals surface area contributed by atoms with Gasteiger partial charge in [0.2, 0.25) is 0 Å². The number of hydrogen-bond acceptors (Lipinski definition) is 7. The van der Waals surface area contributed by atoms with Crippen molar-refractivity contribution in [3.63, 3.8) is 0 Å². The van der Waals surface area contributed by atoms with Crippen molar-refractivity contribution in [3.8, 4) is 0 Å². The Morgan fingerprint density at radius 2 is 1.93 bits per heavy atom. The molecule has 0 unspecified atom stereocenters. The molecular formula is C19H15IN2O5S2. The molecule has 1 N–H and O–H groups in total. The third kappa shape index (κ3) is 5.38. The smallest absolute Gasteiger partial charge is 0.293 e. The minimum atomic E-state index is -0.500. The van der Waals surface area contributed by atoms with Gasteiger partial charge in [0.15, 0.2) is 0 Å². The standard InChI is InChI=1S/C19H15IN2O5S2/c20-14-4-1-12(2-5-14)11-21-18(24)17(29-19(21)25)10-13-3-6-16(28-8-7-23)15(9-13)22(26)27/h1-6,9-10,23H,7-8,11H2/b17-10-. The lowest BCUT2D eigenvalue weighted by Crippen LogP contribution is -2.27. The molecule has 2 aromatic rings. The van der Waals surface area contributed by atoms with Crippen LogP contribution in [0.25, 0.3) is 6.08 Å². The van der Waals surface area contributed by atoms with Crippen molar-refractivity contribution in [1.82, 2.24) is 4.90 Å². The van der Waals surface area contributed by atoms with E-state index in [1.165, 1.54) is 28.8 Å². The van der Waals surface area contributed by atoms with E-state index in [2.05, 4.69) is 22.6 Å². The average molecular weight is 542 g/mol. The first-order valence-electron chi connectivity index (χ1n) is 8.41. The summed E-state index contributed by atoms with van der Waals surface area (Å²) in [5, 5.41) is 19.9. The van der Waals surface area contributed by atoms with Crippen molar-refractivity contribution in [2.75, 3.05) is 12.4 Å². The molecule has 0 atom stereocenters. The number of hydrogen-bond donors (Lipinski definition) is 1. The Hall–Kier alpha value is -1.89. The van der Waals surface area contributed by atoms with Crippen LogP contribution in [0.15, 0.2) is 52.3 Å². The van der Waals surface area contributed by atoms with Gasteiger partial charge in [-0.1, -0.05) is 18.2 Å². The molecule has 1 aliphatic heterocycles. The van der Waals surface area contributed by atoms with Gasteiger partial charge in [-0.05, 0) is 69.8 Å². The highest BCUT2D eigenvalue weighted by Crippen LogP contribution is 2.35. The highest BCUT2D eigenvalue weighted by atomic mass is 127. The summed E-state index contributed by atoms with van der Waals surface area (Å²) in [5.41, 5.74) is 1.20. The number of aliphatic hydroxyl groups is 1. The lowest BCUT2D eigenvalue weighted by atomic mass is 10.1. The number of nitro benzene ring substituents is 1. The number of nitro groups is 1. The van der Waals surface area contributed by atoms with E-state index >= 15 is 0 Å².